The first-order valence-corrected chi connectivity index (χ1v) is 4.97. The summed E-state index contributed by atoms with van der Waals surface area (Å²) in [6, 6.07) is 0. The van der Waals surface area contributed by atoms with Crippen molar-refractivity contribution in [3.05, 3.63) is 0 Å². The van der Waals surface area contributed by atoms with Crippen LogP contribution in [0.25, 0.3) is 0 Å². The third-order valence-corrected chi connectivity index (χ3v) is 2.62. The van der Waals surface area contributed by atoms with Crippen LogP contribution in [0.5, 0.6) is 0 Å². The van der Waals surface area contributed by atoms with Gasteiger partial charge in [0, 0.05) is 7.11 Å². The maximum absolute atomic E-state index is 9.89. The molecule has 0 bridgehead atoms. The summed E-state index contributed by atoms with van der Waals surface area (Å²) in [5.74, 6) is 0. The van der Waals surface area contributed by atoms with Crippen molar-refractivity contribution in [2.45, 2.75) is 51.2 Å². The summed E-state index contributed by atoms with van der Waals surface area (Å²) >= 11 is 0. The standard InChI is InChI=1S/C10H22O3/c1-4-10(12,5-2)7-6-9(11)8-13-3/h9,11-12H,4-8H2,1-3H3. The molecule has 1 unspecified atom stereocenters. The highest BCUT2D eigenvalue weighted by Crippen LogP contribution is 2.21. The van der Waals surface area contributed by atoms with Gasteiger partial charge in [0.15, 0.2) is 0 Å². The van der Waals surface area contributed by atoms with Crippen molar-refractivity contribution >= 4 is 0 Å². The molecule has 3 heteroatoms. The first-order chi connectivity index (χ1) is 6.08. The van der Waals surface area contributed by atoms with Gasteiger partial charge in [0.05, 0.1) is 18.3 Å². The molecule has 0 saturated heterocycles. The summed E-state index contributed by atoms with van der Waals surface area (Å²) in [5.41, 5.74) is -0.602. The van der Waals surface area contributed by atoms with Crippen LogP contribution in [0, 0.1) is 0 Å². The van der Waals surface area contributed by atoms with Crippen LogP contribution in [0.1, 0.15) is 39.5 Å². The summed E-state index contributed by atoms with van der Waals surface area (Å²) in [7, 11) is 1.56. The average molecular weight is 190 g/mol. The number of hydrogen-bond donors (Lipinski definition) is 2. The second-order valence-corrected chi connectivity index (χ2v) is 3.58. The van der Waals surface area contributed by atoms with E-state index in [-0.39, 0.29) is 0 Å². The second kappa shape index (κ2) is 6.35. The van der Waals surface area contributed by atoms with Gasteiger partial charge in [-0.3, -0.25) is 0 Å². The van der Waals surface area contributed by atoms with Crippen LogP contribution in [-0.4, -0.2) is 35.6 Å². The first-order valence-electron chi connectivity index (χ1n) is 4.97. The summed E-state index contributed by atoms with van der Waals surface area (Å²) in [4.78, 5) is 0. The quantitative estimate of drug-likeness (QED) is 0.636. The fraction of sp³-hybridized carbons (Fsp3) is 1.00. The number of rotatable bonds is 7. The molecule has 0 aliphatic rings. The Kier molecular flexibility index (Phi) is 6.29. The van der Waals surface area contributed by atoms with E-state index >= 15 is 0 Å². The third kappa shape index (κ3) is 5.24. The Morgan fingerprint density at radius 1 is 1.31 bits per heavy atom. The Labute approximate surface area is 80.7 Å². The molecule has 0 rings (SSSR count). The van der Waals surface area contributed by atoms with Crippen molar-refractivity contribution in [1.82, 2.24) is 0 Å². The van der Waals surface area contributed by atoms with Crippen molar-refractivity contribution in [3.63, 3.8) is 0 Å². The number of hydrogen-bond acceptors (Lipinski definition) is 3. The van der Waals surface area contributed by atoms with Gasteiger partial charge in [-0.25, -0.2) is 0 Å². The van der Waals surface area contributed by atoms with E-state index in [2.05, 4.69) is 0 Å². The van der Waals surface area contributed by atoms with E-state index in [0.29, 0.717) is 19.4 Å². The second-order valence-electron chi connectivity index (χ2n) is 3.58. The molecule has 0 heterocycles. The van der Waals surface area contributed by atoms with E-state index in [0.717, 1.165) is 12.8 Å². The van der Waals surface area contributed by atoms with Gasteiger partial charge in [0.25, 0.3) is 0 Å². The minimum atomic E-state index is -0.602. The van der Waals surface area contributed by atoms with Crippen LogP contribution in [0.15, 0.2) is 0 Å². The Balaban J connectivity index is 3.71. The largest absolute Gasteiger partial charge is 0.391 e. The molecule has 0 saturated carbocycles. The minimum Gasteiger partial charge on any atom is -0.391 e. The maximum Gasteiger partial charge on any atom is 0.0774 e. The molecule has 0 aromatic carbocycles. The lowest BCUT2D eigenvalue weighted by Crippen LogP contribution is -2.29. The van der Waals surface area contributed by atoms with E-state index in [1.54, 1.807) is 7.11 Å². The van der Waals surface area contributed by atoms with Gasteiger partial charge in [0.2, 0.25) is 0 Å². The van der Waals surface area contributed by atoms with Gasteiger partial charge in [-0.05, 0) is 25.7 Å². The van der Waals surface area contributed by atoms with Gasteiger partial charge < -0.3 is 14.9 Å². The van der Waals surface area contributed by atoms with Gasteiger partial charge in [-0.1, -0.05) is 13.8 Å². The molecule has 0 spiro atoms. The number of ether oxygens (including phenoxy) is 1. The highest BCUT2D eigenvalue weighted by molar-refractivity contribution is 4.76. The Morgan fingerprint density at radius 2 is 1.85 bits per heavy atom. The highest BCUT2D eigenvalue weighted by atomic mass is 16.5. The van der Waals surface area contributed by atoms with Crippen LogP contribution < -0.4 is 0 Å². The average Bonchev–Trinajstić information content (AvgIpc) is 2.15. The van der Waals surface area contributed by atoms with Crippen molar-refractivity contribution in [3.8, 4) is 0 Å². The molecule has 3 nitrogen and oxygen atoms in total. The molecular weight excluding hydrogens is 168 g/mol. The fourth-order valence-corrected chi connectivity index (χ4v) is 1.31. The van der Waals surface area contributed by atoms with Crippen molar-refractivity contribution in [2.75, 3.05) is 13.7 Å². The van der Waals surface area contributed by atoms with Crippen LogP contribution in [-0.2, 0) is 4.74 Å². The van der Waals surface area contributed by atoms with Crippen LogP contribution >= 0.6 is 0 Å². The van der Waals surface area contributed by atoms with Crippen LogP contribution in [0.2, 0.25) is 0 Å². The molecule has 0 aliphatic heterocycles. The van der Waals surface area contributed by atoms with Gasteiger partial charge >= 0.3 is 0 Å². The lowest BCUT2D eigenvalue weighted by molar-refractivity contribution is -0.00414. The van der Waals surface area contributed by atoms with Gasteiger partial charge in [-0.15, -0.1) is 0 Å². The molecule has 1 atom stereocenters. The third-order valence-electron chi connectivity index (χ3n) is 2.62. The highest BCUT2D eigenvalue weighted by Gasteiger charge is 2.22. The Hall–Kier alpha value is -0.120. The summed E-state index contributed by atoms with van der Waals surface area (Å²) < 4.78 is 4.80. The Bertz CT molecular complexity index is 121. The molecule has 2 N–H and O–H groups in total. The zero-order valence-electron chi connectivity index (χ0n) is 8.92. The number of aliphatic hydroxyl groups excluding tert-OH is 1. The maximum atomic E-state index is 9.89. The molecule has 0 aromatic heterocycles. The zero-order chi connectivity index (χ0) is 10.3. The van der Waals surface area contributed by atoms with Crippen LogP contribution in [0.4, 0.5) is 0 Å². The summed E-state index contributed by atoms with van der Waals surface area (Å²) in [6.07, 6.45) is 2.28. The predicted molar refractivity (Wildman–Crippen MR) is 52.6 cm³/mol. The monoisotopic (exact) mass is 190 g/mol. The van der Waals surface area contributed by atoms with Crippen molar-refractivity contribution < 1.29 is 14.9 Å². The zero-order valence-corrected chi connectivity index (χ0v) is 8.92. The predicted octanol–water partition coefficient (Wildman–Crippen LogP) is 1.32. The molecule has 0 radical (unpaired) electrons. The molecule has 0 aliphatic carbocycles. The van der Waals surface area contributed by atoms with Crippen molar-refractivity contribution in [1.29, 1.82) is 0 Å². The summed E-state index contributed by atoms with van der Waals surface area (Å²) in [6.45, 7) is 4.28. The first kappa shape index (κ1) is 12.9. The fourth-order valence-electron chi connectivity index (χ4n) is 1.31. The number of aliphatic hydroxyl groups is 2. The van der Waals surface area contributed by atoms with E-state index in [9.17, 15) is 10.2 Å². The van der Waals surface area contributed by atoms with E-state index < -0.39 is 11.7 Å². The molecule has 0 amide bonds. The van der Waals surface area contributed by atoms with Gasteiger partial charge in [-0.2, -0.15) is 0 Å². The minimum absolute atomic E-state index is 0.351. The lowest BCUT2D eigenvalue weighted by atomic mass is 9.91. The molecule has 13 heavy (non-hydrogen) atoms. The van der Waals surface area contributed by atoms with Crippen LogP contribution in [0.3, 0.4) is 0 Å². The normalized spacial score (nSPS) is 14.5. The SMILES string of the molecule is CCC(O)(CC)CCC(O)COC. The topological polar surface area (TPSA) is 49.7 Å². The Morgan fingerprint density at radius 3 is 2.23 bits per heavy atom. The van der Waals surface area contributed by atoms with Crippen molar-refractivity contribution in [2.24, 2.45) is 0 Å². The van der Waals surface area contributed by atoms with E-state index in [1.165, 1.54) is 0 Å². The lowest BCUT2D eigenvalue weighted by Gasteiger charge is -2.26. The van der Waals surface area contributed by atoms with Gasteiger partial charge in [0.1, 0.15) is 0 Å². The molecular formula is C10H22O3. The smallest absolute Gasteiger partial charge is 0.0774 e. The van der Waals surface area contributed by atoms with E-state index in [4.69, 9.17) is 4.74 Å². The molecule has 0 fully saturated rings. The molecule has 80 valence electrons. The molecule has 0 aromatic rings. The van der Waals surface area contributed by atoms with E-state index in [1.807, 2.05) is 13.8 Å². The summed E-state index contributed by atoms with van der Waals surface area (Å²) in [5, 5.41) is 19.3. The number of methoxy groups -OCH3 is 1.